The second-order valence-electron chi connectivity index (χ2n) is 4.11. The summed E-state index contributed by atoms with van der Waals surface area (Å²) < 4.78 is 5.88. The Morgan fingerprint density at radius 1 is 1.53 bits per heavy atom. The number of hydrogen-bond acceptors (Lipinski definition) is 4. The zero-order chi connectivity index (χ0) is 12.8. The van der Waals surface area contributed by atoms with Gasteiger partial charge in [-0.1, -0.05) is 22.0 Å². The van der Waals surface area contributed by atoms with E-state index in [0.717, 1.165) is 15.7 Å². The van der Waals surface area contributed by atoms with Gasteiger partial charge in [0.15, 0.2) is 0 Å². The van der Waals surface area contributed by atoms with Crippen LogP contribution in [-0.4, -0.2) is 43.4 Å². The lowest BCUT2D eigenvalue weighted by molar-refractivity contribution is 0.0419. The highest BCUT2D eigenvalue weighted by atomic mass is 79.9. The number of rotatable bonds is 6. The third-order valence-corrected chi connectivity index (χ3v) is 3.21. The van der Waals surface area contributed by atoms with E-state index >= 15 is 0 Å². The zero-order valence-electron chi connectivity index (χ0n) is 10.2. The first kappa shape index (κ1) is 14.4. The Morgan fingerprint density at radius 2 is 2.24 bits per heavy atom. The predicted octanol–water partition coefficient (Wildman–Crippen LogP) is 1.47. The van der Waals surface area contributed by atoms with Gasteiger partial charge in [-0.2, -0.15) is 0 Å². The van der Waals surface area contributed by atoms with Crippen molar-refractivity contribution in [1.29, 1.82) is 0 Å². The average molecular weight is 303 g/mol. The topological polar surface area (TPSA) is 58.7 Å². The van der Waals surface area contributed by atoms with Gasteiger partial charge in [-0.05, 0) is 19.2 Å². The van der Waals surface area contributed by atoms with Crippen LogP contribution in [-0.2, 0) is 11.3 Å². The molecule has 0 aliphatic carbocycles. The van der Waals surface area contributed by atoms with Gasteiger partial charge < -0.3 is 15.6 Å². The van der Waals surface area contributed by atoms with Crippen molar-refractivity contribution in [3.8, 4) is 0 Å². The van der Waals surface area contributed by atoms with Crippen LogP contribution in [0.15, 0.2) is 22.7 Å². The summed E-state index contributed by atoms with van der Waals surface area (Å²) >= 11 is 3.48. The molecule has 0 saturated heterocycles. The molecule has 4 nitrogen and oxygen atoms in total. The standard InChI is InChI=1S/C12H19BrN2O2/c1-15(6-9(16)8-17-2)7-10-11(13)4-3-5-12(10)14/h3-5,9,16H,6-8,14H2,1-2H3. The number of methoxy groups -OCH3 is 1. The maximum atomic E-state index is 9.63. The van der Waals surface area contributed by atoms with E-state index in [0.29, 0.717) is 19.7 Å². The predicted molar refractivity (Wildman–Crippen MR) is 72.8 cm³/mol. The zero-order valence-corrected chi connectivity index (χ0v) is 11.8. The highest BCUT2D eigenvalue weighted by molar-refractivity contribution is 9.10. The second-order valence-corrected chi connectivity index (χ2v) is 4.97. The maximum absolute atomic E-state index is 9.63. The molecule has 5 heteroatoms. The highest BCUT2D eigenvalue weighted by Crippen LogP contribution is 2.23. The Kier molecular flexibility index (Phi) is 5.91. The first-order valence-corrected chi connectivity index (χ1v) is 6.22. The van der Waals surface area contributed by atoms with Gasteiger partial charge in [0.25, 0.3) is 0 Å². The number of anilines is 1. The molecule has 0 radical (unpaired) electrons. The summed E-state index contributed by atoms with van der Waals surface area (Å²) in [7, 11) is 3.52. The third kappa shape index (κ3) is 4.63. The van der Waals surface area contributed by atoms with Crippen molar-refractivity contribution < 1.29 is 9.84 Å². The number of nitrogens with two attached hydrogens (primary N) is 1. The SMILES string of the molecule is COCC(O)CN(C)Cc1c(N)cccc1Br. The molecular weight excluding hydrogens is 284 g/mol. The summed E-state index contributed by atoms with van der Waals surface area (Å²) in [4.78, 5) is 2.01. The molecule has 3 N–H and O–H groups in total. The maximum Gasteiger partial charge on any atom is 0.0900 e. The normalized spacial score (nSPS) is 13.0. The van der Waals surface area contributed by atoms with Crippen LogP contribution in [0, 0.1) is 0 Å². The Bertz CT molecular complexity index is 340. The van der Waals surface area contributed by atoms with Crippen LogP contribution >= 0.6 is 15.9 Å². The Balaban J connectivity index is 2.59. The fourth-order valence-electron chi connectivity index (χ4n) is 1.68. The van der Waals surface area contributed by atoms with Gasteiger partial charge in [0.05, 0.1) is 12.7 Å². The van der Waals surface area contributed by atoms with Gasteiger partial charge in [-0.15, -0.1) is 0 Å². The molecule has 0 aliphatic heterocycles. The fraction of sp³-hybridized carbons (Fsp3) is 0.500. The molecule has 1 unspecified atom stereocenters. The van der Waals surface area contributed by atoms with Crippen LogP contribution in [0.5, 0.6) is 0 Å². The van der Waals surface area contributed by atoms with E-state index in [2.05, 4.69) is 15.9 Å². The molecule has 0 amide bonds. The Hall–Kier alpha value is -0.620. The summed E-state index contributed by atoms with van der Waals surface area (Å²) in [6.07, 6.45) is -0.478. The van der Waals surface area contributed by atoms with Gasteiger partial charge in [-0.3, -0.25) is 4.90 Å². The molecule has 0 spiro atoms. The Labute approximate surface area is 110 Å². The van der Waals surface area contributed by atoms with E-state index in [1.165, 1.54) is 0 Å². The molecule has 96 valence electrons. The molecule has 1 atom stereocenters. The number of ether oxygens (including phenoxy) is 1. The minimum atomic E-state index is -0.478. The number of hydrogen-bond donors (Lipinski definition) is 2. The molecule has 1 rings (SSSR count). The number of halogens is 1. The van der Waals surface area contributed by atoms with Crippen molar-refractivity contribution in [2.24, 2.45) is 0 Å². The van der Waals surface area contributed by atoms with Gasteiger partial charge in [0.2, 0.25) is 0 Å². The van der Waals surface area contributed by atoms with Crippen LogP contribution in [0.2, 0.25) is 0 Å². The first-order valence-electron chi connectivity index (χ1n) is 5.43. The van der Waals surface area contributed by atoms with Crippen molar-refractivity contribution in [3.05, 3.63) is 28.2 Å². The van der Waals surface area contributed by atoms with Crippen LogP contribution in [0.25, 0.3) is 0 Å². The molecule has 0 aromatic heterocycles. The summed E-state index contributed by atoms with van der Waals surface area (Å²) in [5.74, 6) is 0. The number of benzene rings is 1. The summed E-state index contributed by atoms with van der Waals surface area (Å²) in [6.45, 7) is 1.58. The molecule has 1 aromatic carbocycles. The number of nitrogens with zero attached hydrogens (tertiary/aromatic N) is 1. The largest absolute Gasteiger partial charge is 0.398 e. The van der Waals surface area contributed by atoms with E-state index in [1.54, 1.807) is 7.11 Å². The Morgan fingerprint density at radius 3 is 2.82 bits per heavy atom. The minimum absolute atomic E-state index is 0.343. The third-order valence-electron chi connectivity index (χ3n) is 2.46. The lowest BCUT2D eigenvalue weighted by Crippen LogP contribution is -2.31. The van der Waals surface area contributed by atoms with E-state index in [-0.39, 0.29) is 0 Å². The fourth-order valence-corrected chi connectivity index (χ4v) is 2.19. The molecule has 0 fully saturated rings. The van der Waals surface area contributed by atoms with Crippen LogP contribution in [0.4, 0.5) is 5.69 Å². The first-order chi connectivity index (χ1) is 8.04. The van der Waals surface area contributed by atoms with E-state index in [4.69, 9.17) is 10.5 Å². The second kappa shape index (κ2) is 6.96. The van der Waals surface area contributed by atoms with Crippen molar-refractivity contribution in [2.45, 2.75) is 12.6 Å². The summed E-state index contributed by atoms with van der Waals surface area (Å²) in [6, 6.07) is 5.74. The van der Waals surface area contributed by atoms with E-state index in [9.17, 15) is 5.11 Å². The quantitative estimate of drug-likeness (QED) is 0.781. The molecule has 0 saturated carbocycles. The number of likely N-dealkylation sites (N-methyl/N-ethyl adjacent to an activating group) is 1. The van der Waals surface area contributed by atoms with E-state index < -0.39 is 6.10 Å². The number of aliphatic hydroxyl groups is 1. The van der Waals surface area contributed by atoms with Gasteiger partial charge in [0, 0.05) is 35.9 Å². The molecular formula is C12H19BrN2O2. The number of nitrogen functional groups attached to an aromatic ring is 1. The molecule has 0 aliphatic rings. The lowest BCUT2D eigenvalue weighted by Gasteiger charge is -2.21. The highest BCUT2D eigenvalue weighted by Gasteiger charge is 2.11. The summed E-state index contributed by atoms with van der Waals surface area (Å²) in [5.41, 5.74) is 7.71. The molecule has 0 bridgehead atoms. The van der Waals surface area contributed by atoms with Crippen molar-refractivity contribution in [2.75, 3.05) is 33.0 Å². The molecule has 17 heavy (non-hydrogen) atoms. The minimum Gasteiger partial charge on any atom is -0.398 e. The van der Waals surface area contributed by atoms with Crippen molar-refractivity contribution in [1.82, 2.24) is 4.90 Å². The monoisotopic (exact) mass is 302 g/mol. The lowest BCUT2D eigenvalue weighted by atomic mass is 10.1. The average Bonchev–Trinajstić information content (AvgIpc) is 2.24. The van der Waals surface area contributed by atoms with Gasteiger partial charge >= 0.3 is 0 Å². The smallest absolute Gasteiger partial charge is 0.0900 e. The van der Waals surface area contributed by atoms with E-state index in [1.807, 2.05) is 30.1 Å². The number of aliphatic hydroxyl groups excluding tert-OH is 1. The van der Waals surface area contributed by atoms with Crippen LogP contribution in [0.3, 0.4) is 0 Å². The molecule has 0 heterocycles. The van der Waals surface area contributed by atoms with Crippen molar-refractivity contribution >= 4 is 21.6 Å². The van der Waals surface area contributed by atoms with Crippen LogP contribution in [0.1, 0.15) is 5.56 Å². The van der Waals surface area contributed by atoms with Crippen LogP contribution < -0.4 is 5.73 Å². The summed E-state index contributed by atoms with van der Waals surface area (Å²) in [5, 5.41) is 9.63. The van der Waals surface area contributed by atoms with Crippen molar-refractivity contribution in [3.63, 3.8) is 0 Å². The molecule has 1 aromatic rings. The van der Waals surface area contributed by atoms with Gasteiger partial charge in [0.1, 0.15) is 0 Å². The van der Waals surface area contributed by atoms with Gasteiger partial charge in [-0.25, -0.2) is 0 Å².